The van der Waals surface area contributed by atoms with Crippen molar-refractivity contribution >= 4 is 35.1 Å². The third-order valence-corrected chi connectivity index (χ3v) is 4.28. The maximum absolute atomic E-state index is 12.1. The minimum absolute atomic E-state index is 0.0656. The van der Waals surface area contributed by atoms with Crippen molar-refractivity contribution < 1.29 is 23.9 Å². The molecule has 0 radical (unpaired) electrons. The molecule has 0 unspecified atom stereocenters. The molecule has 0 atom stereocenters. The van der Waals surface area contributed by atoms with Gasteiger partial charge in [-0.05, 0) is 55.0 Å². The summed E-state index contributed by atoms with van der Waals surface area (Å²) < 4.78 is 5.00. The van der Waals surface area contributed by atoms with Crippen LogP contribution in [0.3, 0.4) is 0 Å². The minimum atomic E-state index is -0.640. The van der Waals surface area contributed by atoms with Crippen LogP contribution in [0.5, 0.6) is 0 Å². The number of rotatable bonds is 6. The molecule has 0 spiro atoms. The molecule has 8 heteroatoms. The van der Waals surface area contributed by atoms with E-state index in [0.29, 0.717) is 24.2 Å². The Balaban J connectivity index is 1.51. The summed E-state index contributed by atoms with van der Waals surface area (Å²) in [5, 5.41) is 2.55. The molecule has 0 bridgehead atoms. The molecule has 1 aliphatic heterocycles. The van der Waals surface area contributed by atoms with Crippen molar-refractivity contribution in [2.75, 3.05) is 23.4 Å². The largest absolute Gasteiger partial charge is 0.452 e. The average Bonchev–Trinajstić information content (AvgIpc) is 3.12. The fourth-order valence-electron chi connectivity index (χ4n) is 2.83. The van der Waals surface area contributed by atoms with Gasteiger partial charge in [0.25, 0.3) is 5.91 Å². The number of hydrogen-bond acceptors (Lipinski definition) is 5. The zero-order valence-electron chi connectivity index (χ0n) is 15.0. The van der Waals surface area contributed by atoms with E-state index in [4.69, 9.17) is 10.5 Å². The van der Waals surface area contributed by atoms with E-state index in [1.54, 1.807) is 29.2 Å². The van der Waals surface area contributed by atoms with Gasteiger partial charge in [0.05, 0.1) is 5.56 Å². The summed E-state index contributed by atoms with van der Waals surface area (Å²) in [6.45, 7) is 0.214. The lowest BCUT2D eigenvalue weighted by Gasteiger charge is -2.15. The SMILES string of the molecule is NC(=O)c1ccc(NC(=O)COC(=O)c2ccc(N3CCCC3=O)cc2)cc1. The quantitative estimate of drug-likeness (QED) is 0.739. The molecule has 144 valence electrons. The van der Waals surface area contributed by atoms with Crippen LogP contribution in [0, 0.1) is 0 Å². The van der Waals surface area contributed by atoms with Crippen LogP contribution >= 0.6 is 0 Å². The lowest BCUT2D eigenvalue weighted by molar-refractivity contribution is -0.119. The molecule has 0 saturated carbocycles. The number of ether oxygens (including phenoxy) is 1. The van der Waals surface area contributed by atoms with Gasteiger partial charge in [-0.25, -0.2) is 4.79 Å². The van der Waals surface area contributed by atoms with E-state index in [1.165, 1.54) is 24.3 Å². The second-order valence-electron chi connectivity index (χ2n) is 6.26. The molecule has 8 nitrogen and oxygen atoms in total. The molecular weight excluding hydrogens is 362 g/mol. The first kappa shape index (κ1) is 19.1. The molecular formula is C20H19N3O5. The van der Waals surface area contributed by atoms with E-state index in [1.807, 2.05) is 0 Å². The van der Waals surface area contributed by atoms with Gasteiger partial charge in [0.15, 0.2) is 6.61 Å². The number of hydrogen-bond donors (Lipinski definition) is 2. The first-order valence-corrected chi connectivity index (χ1v) is 8.71. The van der Waals surface area contributed by atoms with Crippen molar-refractivity contribution in [1.82, 2.24) is 0 Å². The molecule has 3 N–H and O–H groups in total. The Kier molecular flexibility index (Phi) is 5.69. The molecule has 0 aromatic heterocycles. The van der Waals surface area contributed by atoms with Gasteiger partial charge in [-0.1, -0.05) is 0 Å². The second-order valence-corrected chi connectivity index (χ2v) is 6.26. The Morgan fingerprint density at radius 3 is 2.21 bits per heavy atom. The van der Waals surface area contributed by atoms with Gasteiger partial charge in [-0.2, -0.15) is 0 Å². The van der Waals surface area contributed by atoms with E-state index in [2.05, 4.69) is 5.32 Å². The number of nitrogens with one attached hydrogen (secondary N) is 1. The van der Waals surface area contributed by atoms with Crippen LogP contribution < -0.4 is 16.0 Å². The van der Waals surface area contributed by atoms with E-state index in [9.17, 15) is 19.2 Å². The Bertz CT molecular complexity index is 906. The first-order valence-electron chi connectivity index (χ1n) is 8.71. The van der Waals surface area contributed by atoms with Crippen molar-refractivity contribution in [2.45, 2.75) is 12.8 Å². The summed E-state index contributed by atoms with van der Waals surface area (Å²) in [7, 11) is 0. The van der Waals surface area contributed by atoms with Crippen LogP contribution in [0.25, 0.3) is 0 Å². The first-order chi connectivity index (χ1) is 13.4. The number of primary amides is 1. The molecule has 2 aromatic rings. The molecule has 1 heterocycles. The number of benzene rings is 2. The lowest BCUT2D eigenvalue weighted by Crippen LogP contribution is -2.23. The molecule has 1 aliphatic rings. The van der Waals surface area contributed by atoms with E-state index >= 15 is 0 Å². The molecule has 3 amide bonds. The third-order valence-electron chi connectivity index (χ3n) is 4.28. The monoisotopic (exact) mass is 381 g/mol. The Labute approximate surface area is 161 Å². The molecule has 3 rings (SSSR count). The number of carbonyl (C=O) groups excluding carboxylic acids is 4. The van der Waals surface area contributed by atoms with Crippen LogP contribution in [-0.2, 0) is 14.3 Å². The van der Waals surface area contributed by atoms with Crippen LogP contribution in [0.2, 0.25) is 0 Å². The highest BCUT2D eigenvalue weighted by molar-refractivity contribution is 5.98. The van der Waals surface area contributed by atoms with Crippen LogP contribution in [0.4, 0.5) is 11.4 Å². The van der Waals surface area contributed by atoms with Crippen molar-refractivity contribution in [3.8, 4) is 0 Å². The Morgan fingerprint density at radius 1 is 1.00 bits per heavy atom. The number of esters is 1. The number of carbonyl (C=O) groups is 4. The summed E-state index contributed by atoms with van der Waals surface area (Å²) in [5.74, 6) is -1.65. The Hall–Kier alpha value is -3.68. The van der Waals surface area contributed by atoms with E-state index in [0.717, 1.165) is 12.1 Å². The van der Waals surface area contributed by atoms with Crippen LogP contribution in [0.15, 0.2) is 48.5 Å². The number of nitrogens with zero attached hydrogens (tertiary/aromatic N) is 1. The van der Waals surface area contributed by atoms with Gasteiger partial charge in [-0.3, -0.25) is 14.4 Å². The second kappa shape index (κ2) is 8.34. The molecule has 1 fully saturated rings. The smallest absolute Gasteiger partial charge is 0.338 e. The highest BCUT2D eigenvalue weighted by atomic mass is 16.5. The van der Waals surface area contributed by atoms with Crippen molar-refractivity contribution in [3.05, 3.63) is 59.7 Å². The minimum Gasteiger partial charge on any atom is -0.452 e. The topological polar surface area (TPSA) is 119 Å². The molecule has 2 aromatic carbocycles. The predicted molar refractivity (Wildman–Crippen MR) is 102 cm³/mol. The summed E-state index contributed by atoms with van der Waals surface area (Å²) in [6.07, 6.45) is 1.35. The summed E-state index contributed by atoms with van der Waals surface area (Å²) in [5.41, 5.74) is 6.94. The molecule has 28 heavy (non-hydrogen) atoms. The van der Waals surface area contributed by atoms with Crippen molar-refractivity contribution in [2.24, 2.45) is 5.73 Å². The number of nitrogens with two attached hydrogens (primary N) is 1. The number of anilines is 2. The van der Waals surface area contributed by atoms with Gasteiger partial charge >= 0.3 is 5.97 Å². The lowest BCUT2D eigenvalue weighted by atomic mass is 10.2. The molecule has 0 aliphatic carbocycles. The average molecular weight is 381 g/mol. The van der Waals surface area contributed by atoms with E-state index in [-0.39, 0.29) is 11.5 Å². The van der Waals surface area contributed by atoms with Gasteiger partial charge < -0.3 is 20.7 Å². The van der Waals surface area contributed by atoms with Gasteiger partial charge in [0, 0.05) is 29.9 Å². The maximum Gasteiger partial charge on any atom is 0.338 e. The normalized spacial score (nSPS) is 13.3. The highest BCUT2D eigenvalue weighted by Gasteiger charge is 2.21. The zero-order chi connectivity index (χ0) is 20.1. The fourth-order valence-corrected chi connectivity index (χ4v) is 2.83. The highest BCUT2D eigenvalue weighted by Crippen LogP contribution is 2.21. The van der Waals surface area contributed by atoms with Gasteiger partial charge in [0.2, 0.25) is 11.8 Å². The number of amides is 3. The summed E-state index contributed by atoms with van der Waals surface area (Å²) >= 11 is 0. The third kappa shape index (κ3) is 4.53. The Morgan fingerprint density at radius 2 is 1.64 bits per heavy atom. The predicted octanol–water partition coefficient (Wildman–Crippen LogP) is 1.71. The fraction of sp³-hybridized carbons (Fsp3) is 0.200. The van der Waals surface area contributed by atoms with Gasteiger partial charge in [-0.15, -0.1) is 0 Å². The standard InChI is InChI=1S/C20H19N3O5/c21-19(26)13-3-7-15(8-4-13)22-17(24)12-28-20(27)14-5-9-16(10-6-14)23-11-1-2-18(23)25/h3-10H,1-2,11-12H2,(H2,21,26)(H,22,24). The van der Waals surface area contributed by atoms with Crippen LogP contribution in [-0.4, -0.2) is 36.8 Å². The van der Waals surface area contributed by atoms with Gasteiger partial charge in [0.1, 0.15) is 0 Å². The van der Waals surface area contributed by atoms with Crippen molar-refractivity contribution in [3.63, 3.8) is 0 Å². The molecule has 1 saturated heterocycles. The maximum atomic E-state index is 12.1. The van der Waals surface area contributed by atoms with Crippen molar-refractivity contribution in [1.29, 1.82) is 0 Å². The van der Waals surface area contributed by atoms with Crippen LogP contribution in [0.1, 0.15) is 33.6 Å². The summed E-state index contributed by atoms with van der Waals surface area (Å²) in [6, 6.07) is 12.5. The zero-order valence-corrected chi connectivity index (χ0v) is 15.0. The van der Waals surface area contributed by atoms with E-state index < -0.39 is 24.4 Å². The summed E-state index contributed by atoms with van der Waals surface area (Å²) in [4.78, 5) is 48.4.